The van der Waals surface area contributed by atoms with Crippen molar-refractivity contribution in [3.63, 3.8) is 0 Å². The average molecular weight is 492 g/mol. The van der Waals surface area contributed by atoms with Gasteiger partial charge in [-0.15, -0.1) is 0 Å². The van der Waals surface area contributed by atoms with Gasteiger partial charge in [-0.1, -0.05) is 49.2 Å². The van der Waals surface area contributed by atoms with Crippen molar-refractivity contribution in [2.24, 2.45) is 0 Å². The Morgan fingerprint density at radius 2 is 1.88 bits per heavy atom. The Kier molecular flexibility index (Phi) is 7.76. The van der Waals surface area contributed by atoms with Gasteiger partial charge in [0, 0.05) is 18.1 Å². The molecule has 0 bridgehead atoms. The zero-order chi connectivity index (χ0) is 24.2. The van der Waals surface area contributed by atoms with Crippen molar-refractivity contribution in [1.29, 1.82) is 0 Å². The Bertz CT molecular complexity index is 1170. The topological polar surface area (TPSA) is 104 Å². The van der Waals surface area contributed by atoms with Gasteiger partial charge in [0.15, 0.2) is 0 Å². The minimum atomic E-state index is -4.15. The van der Waals surface area contributed by atoms with Crippen LogP contribution in [-0.2, 0) is 26.2 Å². The van der Waals surface area contributed by atoms with Crippen molar-refractivity contribution >= 4 is 39.3 Å². The maximum absolute atomic E-state index is 13.3. The maximum atomic E-state index is 13.3. The molecule has 0 radical (unpaired) electrons. The van der Waals surface area contributed by atoms with Crippen LogP contribution in [0.3, 0.4) is 0 Å². The summed E-state index contributed by atoms with van der Waals surface area (Å²) < 4.78 is 26.3. The molecule has 0 fully saturated rings. The summed E-state index contributed by atoms with van der Waals surface area (Å²) in [6, 6.07) is 11.7. The highest BCUT2D eigenvalue weighted by Crippen LogP contribution is 2.30. The number of fused-ring (bicyclic) bond motifs is 1. The number of rotatable bonds is 9. The van der Waals surface area contributed by atoms with Crippen molar-refractivity contribution in [2.75, 3.05) is 13.1 Å². The molecule has 2 aromatic rings. The molecule has 8 nitrogen and oxygen atoms in total. The minimum Gasteiger partial charge on any atom is -0.354 e. The van der Waals surface area contributed by atoms with Gasteiger partial charge >= 0.3 is 0 Å². The molecule has 0 aliphatic carbocycles. The monoisotopic (exact) mass is 491 g/mol. The zero-order valence-electron chi connectivity index (χ0n) is 18.5. The van der Waals surface area contributed by atoms with Crippen molar-refractivity contribution in [3.05, 3.63) is 64.7 Å². The predicted octanol–water partition coefficient (Wildman–Crippen LogP) is 2.82. The molecule has 0 saturated carbocycles. The van der Waals surface area contributed by atoms with E-state index in [0.717, 1.165) is 12.8 Å². The van der Waals surface area contributed by atoms with E-state index < -0.39 is 34.4 Å². The molecule has 1 aliphatic rings. The van der Waals surface area contributed by atoms with Crippen LogP contribution in [0.1, 0.15) is 42.6 Å². The summed E-state index contributed by atoms with van der Waals surface area (Å²) in [5, 5.41) is 3.26. The Morgan fingerprint density at radius 1 is 1.15 bits per heavy atom. The summed E-state index contributed by atoms with van der Waals surface area (Å²) >= 11 is 6.07. The highest BCUT2D eigenvalue weighted by Gasteiger charge is 2.43. The maximum Gasteiger partial charge on any atom is 0.269 e. The molecule has 176 valence electrons. The molecule has 0 saturated heterocycles. The van der Waals surface area contributed by atoms with E-state index in [1.54, 1.807) is 37.3 Å². The molecule has 2 aromatic carbocycles. The van der Waals surface area contributed by atoms with E-state index in [0.29, 0.717) is 21.4 Å². The highest BCUT2D eigenvalue weighted by atomic mass is 35.5. The zero-order valence-corrected chi connectivity index (χ0v) is 20.0. The number of benzene rings is 2. The van der Waals surface area contributed by atoms with Gasteiger partial charge < -0.3 is 10.2 Å². The third-order valence-corrected chi connectivity index (χ3v) is 7.45. The average Bonchev–Trinajstić information content (AvgIpc) is 2.98. The molecule has 3 amide bonds. The molecule has 1 N–H and O–H groups in total. The number of amides is 3. The lowest BCUT2D eigenvalue weighted by Crippen LogP contribution is -2.51. The largest absolute Gasteiger partial charge is 0.354 e. The quantitative estimate of drug-likeness (QED) is 0.543. The van der Waals surface area contributed by atoms with E-state index in [4.69, 9.17) is 11.6 Å². The summed E-state index contributed by atoms with van der Waals surface area (Å²) in [7, 11) is -4.15. The molecule has 0 aromatic heterocycles. The van der Waals surface area contributed by atoms with Crippen LogP contribution in [0.5, 0.6) is 0 Å². The van der Waals surface area contributed by atoms with E-state index in [1.807, 2.05) is 6.92 Å². The number of halogens is 1. The predicted molar refractivity (Wildman–Crippen MR) is 124 cm³/mol. The Labute approximate surface area is 198 Å². The van der Waals surface area contributed by atoms with Crippen molar-refractivity contribution in [3.8, 4) is 0 Å². The van der Waals surface area contributed by atoms with Gasteiger partial charge in [-0.2, -0.15) is 0 Å². The van der Waals surface area contributed by atoms with Crippen LogP contribution in [-0.4, -0.2) is 54.5 Å². The molecule has 33 heavy (non-hydrogen) atoms. The van der Waals surface area contributed by atoms with Gasteiger partial charge in [0.2, 0.25) is 11.8 Å². The summed E-state index contributed by atoms with van der Waals surface area (Å²) in [6.07, 6.45) is 1.69. The van der Waals surface area contributed by atoms with E-state index >= 15 is 0 Å². The normalized spacial score (nSPS) is 15.1. The number of unbranched alkanes of at least 4 members (excludes halogenated alkanes) is 1. The van der Waals surface area contributed by atoms with Gasteiger partial charge in [0.25, 0.3) is 15.9 Å². The first-order valence-electron chi connectivity index (χ1n) is 10.6. The first kappa shape index (κ1) is 24.7. The number of nitrogens with zero attached hydrogens (tertiary/aromatic N) is 2. The van der Waals surface area contributed by atoms with Crippen LogP contribution < -0.4 is 5.32 Å². The first-order valence-corrected chi connectivity index (χ1v) is 12.5. The molecular formula is C23H26ClN3O5S. The van der Waals surface area contributed by atoms with E-state index in [2.05, 4.69) is 5.32 Å². The van der Waals surface area contributed by atoms with Crippen LogP contribution in [0, 0.1) is 0 Å². The molecular weight excluding hydrogens is 466 g/mol. The lowest BCUT2D eigenvalue weighted by atomic mass is 10.1. The van der Waals surface area contributed by atoms with Gasteiger partial charge in [-0.25, -0.2) is 12.7 Å². The summed E-state index contributed by atoms with van der Waals surface area (Å²) in [4.78, 5) is 39.9. The lowest BCUT2D eigenvalue weighted by molar-refractivity contribution is -0.140. The van der Waals surface area contributed by atoms with Gasteiger partial charge in [-0.05, 0) is 43.2 Å². The Balaban J connectivity index is 1.86. The SMILES string of the molecule is CCCCNC(=O)[C@@H](C)N(Cc1cccc(Cl)c1)C(=O)CN1C(=O)c2ccccc2S1(=O)=O. The third-order valence-electron chi connectivity index (χ3n) is 5.43. The number of hydrogen-bond acceptors (Lipinski definition) is 5. The van der Waals surface area contributed by atoms with Crippen molar-refractivity contribution in [1.82, 2.24) is 14.5 Å². The second-order valence-corrected chi connectivity index (χ2v) is 10.1. The number of carbonyl (C=O) groups is 3. The second-order valence-electron chi connectivity index (χ2n) is 7.79. The molecule has 10 heteroatoms. The molecule has 1 aliphatic heterocycles. The summed E-state index contributed by atoms with van der Waals surface area (Å²) in [5.74, 6) is -1.79. The van der Waals surface area contributed by atoms with Crippen LogP contribution in [0.2, 0.25) is 5.02 Å². The lowest BCUT2D eigenvalue weighted by Gasteiger charge is -2.30. The fourth-order valence-corrected chi connectivity index (χ4v) is 5.28. The number of sulfonamides is 1. The van der Waals surface area contributed by atoms with Crippen LogP contribution in [0.4, 0.5) is 0 Å². The van der Waals surface area contributed by atoms with E-state index in [9.17, 15) is 22.8 Å². The molecule has 1 heterocycles. The first-order chi connectivity index (χ1) is 15.7. The van der Waals surface area contributed by atoms with Crippen LogP contribution in [0.15, 0.2) is 53.4 Å². The molecule has 1 atom stereocenters. The van der Waals surface area contributed by atoms with Crippen molar-refractivity contribution < 1.29 is 22.8 Å². The molecule has 3 rings (SSSR count). The Morgan fingerprint density at radius 3 is 2.55 bits per heavy atom. The number of hydrogen-bond donors (Lipinski definition) is 1. The number of nitrogens with one attached hydrogen (secondary N) is 1. The third kappa shape index (κ3) is 5.36. The second kappa shape index (κ2) is 10.4. The van der Waals surface area contributed by atoms with Gasteiger partial charge in [0.05, 0.1) is 5.56 Å². The Hall–Kier alpha value is -2.91. The molecule has 0 spiro atoms. The van der Waals surface area contributed by atoms with E-state index in [1.165, 1.54) is 23.1 Å². The van der Waals surface area contributed by atoms with Crippen LogP contribution in [0.25, 0.3) is 0 Å². The summed E-state index contributed by atoms with van der Waals surface area (Å²) in [5.41, 5.74) is 0.694. The highest BCUT2D eigenvalue weighted by molar-refractivity contribution is 7.90. The fraction of sp³-hybridized carbons (Fsp3) is 0.348. The minimum absolute atomic E-state index is 0.0246. The van der Waals surface area contributed by atoms with Crippen molar-refractivity contribution in [2.45, 2.75) is 44.2 Å². The van der Waals surface area contributed by atoms with Gasteiger partial charge in [0.1, 0.15) is 17.5 Å². The fourth-order valence-electron chi connectivity index (χ4n) is 3.55. The standard InChI is InChI=1S/C23H26ClN3O5S/c1-3-4-12-25-22(29)16(2)26(14-17-8-7-9-18(24)13-17)21(28)15-27-23(30)19-10-5-6-11-20(19)33(27,31)32/h5-11,13,16H,3-4,12,14-15H2,1-2H3,(H,25,29)/t16-/m1/s1. The smallest absolute Gasteiger partial charge is 0.269 e. The number of carbonyl (C=O) groups excluding carboxylic acids is 3. The van der Waals surface area contributed by atoms with Gasteiger partial charge in [-0.3, -0.25) is 14.4 Å². The van der Waals surface area contributed by atoms with E-state index in [-0.39, 0.29) is 22.9 Å². The summed E-state index contributed by atoms with van der Waals surface area (Å²) in [6.45, 7) is 3.35. The molecule has 0 unspecified atom stereocenters. The van der Waals surface area contributed by atoms with Crippen LogP contribution >= 0.6 is 11.6 Å².